The second kappa shape index (κ2) is 7.47. The monoisotopic (exact) mass is 365 g/mol. The molecule has 3 aromatic rings. The van der Waals surface area contributed by atoms with Crippen LogP contribution in [0.15, 0.2) is 42.5 Å². The van der Waals surface area contributed by atoms with Crippen LogP contribution in [0.5, 0.6) is 11.5 Å². The smallest absolute Gasteiger partial charge is 0.162 e. The summed E-state index contributed by atoms with van der Waals surface area (Å²) >= 11 is 0. The lowest BCUT2D eigenvalue weighted by Crippen LogP contribution is -2.20. The number of carbonyl (C=O) groups excluding carboxylic acids is 1. The lowest BCUT2D eigenvalue weighted by molar-refractivity contribution is -0.126. The molecule has 0 saturated heterocycles. The van der Waals surface area contributed by atoms with Crippen molar-refractivity contribution in [2.24, 2.45) is 5.41 Å². The van der Waals surface area contributed by atoms with Crippen LogP contribution in [0, 0.1) is 5.41 Å². The van der Waals surface area contributed by atoms with Crippen molar-refractivity contribution in [3.8, 4) is 22.6 Å². The van der Waals surface area contributed by atoms with Crippen molar-refractivity contribution in [2.45, 2.75) is 33.6 Å². The second-order valence-electron chi connectivity index (χ2n) is 7.77. The highest BCUT2D eigenvalue weighted by molar-refractivity contribution is 5.99. The number of carbonyl (C=O) groups is 1. The van der Waals surface area contributed by atoms with E-state index in [4.69, 9.17) is 9.47 Å². The molecule has 0 bridgehead atoms. The third-order valence-corrected chi connectivity index (χ3v) is 4.88. The van der Waals surface area contributed by atoms with Crippen LogP contribution in [0.25, 0.3) is 22.0 Å². The molecule has 4 heteroatoms. The fraction of sp³-hybridized carbons (Fsp3) is 0.348. The van der Waals surface area contributed by atoms with Crippen LogP contribution < -0.4 is 9.47 Å². The Morgan fingerprint density at radius 3 is 2.22 bits per heavy atom. The molecule has 0 aliphatic heterocycles. The van der Waals surface area contributed by atoms with E-state index in [1.807, 2.05) is 51.1 Å². The molecule has 0 amide bonds. The highest BCUT2D eigenvalue weighted by atomic mass is 16.5. The van der Waals surface area contributed by atoms with Crippen LogP contribution in [0.2, 0.25) is 0 Å². The number of hydrogen-bond acceptors (Lipinski definition) is 3. The van der Waals surface area contributed by atoms with Crippen molar-refractivity contribution in [1.29, 1.82) is 0 Å². The van der Waals surface area contributed by atoms with Gasteiger partial charge < -0.3 is 14.5 Å². The first-order valence-electron chi connectivity index (χ1n) is 9.20. The standard InChI is InChI=1S/C23H27NO3/c1-23(2,3)21(25)12-11-17-22(15-9-7-6-8-10-15)16-13-19(26-4)20(27-5)14-18(16)24-17/h6-10,13-14,24H,11-12H2,1-5H3. The van der Waals surface area contributed by atoms with E-state index in [0.717, 1.165) is 27.7 Å². The van der Waals surface area contributed by atoms with Gasteiger partial charge in [-0.05, 0) is 18.1 Å². The number of ketones is 1. The first kappa shape index (κ1) is 19.0. The van der Waals surface area contributed by atoms with Crippen molar-refractivity contribution in [3.05, 3.63) is 48.2 Å². The van der Waals surface area contributed by atoms with Gasteiger partial charge in [-0.1, -0.05) is 51.1 Å². The number of aromatic amines is 1. The number of hydrogen-bond donors (Lipinski definition) is 1. The summed E-state index contributed by atoms with van der Waals surface area (Å²) in [6.45, 7) is 5.90. The minimum absolute atomic E-state index is 0.260. The first-order chi connectivity index (χ1) is 12.8. The average molecular weight is 365 g/mol. The van der Waals surface area contributed by atoms with Crippen molar-refractivity contribution < 1.29 is 14.3 Å². The Kier molecular flexibility index (Phi) is 5.26. The predicted molar refractivity (Wildman–Crippen MR) is 110 cm³/mol. The number of benzene rings is 2. The quantitative estimate of drug-likeness (QED) is 0.636. The largest absolute Gasteiger partial charge is 0.493 e. The zero-order valence-electron chi connectivity index (χ0n) is 16.7. The zero-order valence-corrected chi connectivity index (χ0v) is 16.7. The second-order valence-corrected chi connectivity index (χ2v) is 7.77. The minimum atomic E-state index is -0.328. The van der Waals surface area contributed by atoms with E-state index in [0.29, 0.717) is 24.3 Å². The lowest BCUT2D eigenvalue weighted by atomic mass is 9.87. The number of Topliss-reactive ketones (excluding diaryl/α,β-unsaturated/α-hetero) is 1. The average Bonchev–Trinajstić information content (AvgIpc) is 3.01. The summed E-state index contributed by atoms with van der Waals surface area (Å²) in [6.07, 6.45) is 1.17. The predicted octanol–water partition coefficient (Wildman–Crippen LogP) is 5.40. The SMILES string of the molecule is COc1cc2[nH]c(CCC(=O)C(C)(C)C)c(-c3ccccc3)c2cc1OC. The van der Waals surface area contributed by atoms with Crippen molar-refractivity contribution in [1.82, 2.24) is 4.98 Å². The summed E-state index contributed by atoms with van der Waals surface area (Å²) in [4.78, 5) is 16.0. The fourth-order valence-electron chi connectivity index (χ4n) is 3.31. The van der Waals surface area contributed by atoms with E-state index in [-0.39, 0.29) is 11.2 Å². The molecule has 0 saturated carbocycles. The number of rotatable bonds is 6. The number of methoxy groups -OCH3 is 2. The van der Waals surface area contributed by atoms with Crippen molar-refractivity contribution in [3.63, 3.8) is 0 Å². The van der Waals surface area contributed by atoms with Gasteiger partial charge in [0.05, 0.1) is 19.7 Å². The van der Waals surface area contributed by atoms with Crippen LogP contribution >= 0.6 is 0 Å². The molecule has 2 aromatic carbocycles. The molecule has 0 spiro atoms. The van der Waals surface area contributed by atoms with Crippen LogP contribution in [-0.4, -0.2) is 25.0 Å². The summed E-state index contributed by atoms with van der Waals surface area (Å²) in [7, 11) is 3.27. The van der Waals surface area contributed by atoms with E-state index >= 15 is 0 Å². The summed E-state index contributed by atoms with van der Waals surface area (Å²) in [6, 6.07) is 14.2. The van der Waals surface area contributed by atoms with E-state index in [1.165, 1.54) is 0 Å². The number of H-pyrrole nitrogens is 1. The molecule has 142 valence electrons. The fourth-order valence-corrected chi connectivity index (χ4v) is 3.31. The zero-order chi connectivity index (χ0) is 19.6. The van der Waals surface area contributed by atoms with Gasteiger partial charge in [0.1, 0.15) is 5.78 Å². The molecule has 0 unspecified atom stereocenters. The maximum Gasteiger partial charge on any atom is 0.162 e. The molecule has 1 aromatic heterocycles. The van der Waals surface area contributed by atoms with E-state index in [1.54, 1.807) is 14.2 Å². The highest BCUT2D eigenvalue weighted by Crippen LogP contribution is 2.39. The summed E-state index contributed by atoms with van der Waals surface area (Å²) in [5, 5.41) is 1.07. The molecule has 0 radical (unpaired) electrons. The van der Waals surface area contributed by atoms with Gasteiger partial charge in [-0.15, -0.1) is 0 Å². The van der Waals surface area contributed by atoms with Gasteiger partial charge in [0.2, 0.25) is 0 Å². The summed E-state index contributed by atoms with van der Waals surface area (Å²) in [5.41, 5.74) is 3.95. The molecule has 4 nitrogen and oxygen atoms in total. The highest BCUT2D eigenvalue weighted by Gasteiger charge is 2.22. The number of aromatic nitrogens is 1. The molecule has 0 fully saturated rings. The molecule has 0 aliphatic rings. The molecule has 3 rings (SSSR count). The van der Waals surface area contributed by atoms with Gasteiger partial charge in [-0.2, -0.15) is 0 Å². The van der Waals surface area contributed by atoms with E-state index in [9.17, 15) is 4.79 Å². The summed E-state index contributed by atoms with van der Waals surface area (Å²) < 4.78 is 10.9. The van der Waals surface area contributed by atoms with Crippen LogP contribution in [0.3, 0.4) is 0 Å². The van der Waals surface area contributed by atoms with Gasteiger partial charge in [0, 0.05) is 34.5 Å². The minimum Gasteiger partial charge on any atom is -0.493 e. The van der Waals surface area contributed by atoms with Crippen molar-refractivity contribution in [2.75, 3.05) is 14.2 Å². The van der Waals surface area contributed by atoms with Gasteiger partial charge in [-0.3, -0.25) is 4.79 Å². The van der Waals surface area contributed by atoms with Crippen LogP contribution in [0.1, 0.15) is 32.9 Å². The lowest BCUT2D eigenvalue weighted by Gasteiger charge is -2.16. The molecule has 0 atom stereocenters. The first-order valence-corrected chi connectivity index (χ1v) is 9.20. The van der Waals surface area contributed by atoms with Crippen molar-refractivity contribution >= 4 is 16.7 Å². The van der Waals surface area contributed by atoms with Gasteiger partial charge in [-0.25, -0.2) is 0 Å². The van der Waals surface area contributed by atoms with Crippen LogP contribution in [0.4, 0.5) is 0 Å². The third-order valence-electron chi connectivity index (χ3n) is 4.88. The Morgan fingerprint density at radius 2 is 1.63 bits per heavy atom. The molecule has 1 heterocycles. The number of nitrogens with one attached hydrogen (secondary N) is 1. The molecule has 0 aliphatic carbocycles. The Balaban J connectivity index is 2.12. The Labute approximate surface area is 160 Å². The third kappa shape index (κ3) is 3.85. The number of ether oxygens (including phenoxy) is 2. The maximum absolute atomic E-state index is 12.4. The molecular formula is C23H27NO3. The topological polar surface area (TPSA) is 51.3 Å². The van der Waals surface area contributed by atoms with Gasteiger partial charge >= 0.3 is 0 Å². The number of fused-ring (bicyclic) bond motifs is 1. The molecule has 27 heavy (non-hydrogen) atoms. The van der Waals surface area contributed by atoms with Gasteiger partial charge in [0.15, 0.2) is 11.5 Å². The summed E-state index contributed by atoms with van der Waals surface area (Å²) in [5.74, 6) is 1.64. The Hall–Kier alpha value is -2.75. The Bertz CT molecular complexity index is 949. The maximum atomic E-state index is 12.4. The van der Waals surface area contributed by atoms with E-state index < -0.39 is 0 Å². The van der Waals surface area contributed by atoms with Crippen LogP contribution in [-0.2, 0) is 11.2 Å². The molecule has 1 N–H and O–H groups in total. The van der Waals surface area contributed by atoms with Gasteiger partial charge in [0.25, 0.3) is 0 Å². The Morgan fingerprint density at radius 1 is 1.00 bits per heavy atom. The normalized spacial score (nSPS) is 11.6. The van der Waals surface area contributed by atoms with E-state index in [2.05, 4.69) is 17.1 Å². The molecular weight excluding hydrogens is 338 g/mol. The number of aryl methyl sites for hydroxylation is 1.